The number of ether oxygens (including phenoxy) is 1. The number of hydrogen-bond acceptors (Lipinski definition) is 3. The van der Waals surface area contributed by atoms with Crippen LogP contribution in [0.3, 0.4) is 0 Å². The number of aliphatic hydroxyl groups is 1. The molecule has 0 saturated carbocycles. The standard InChI is InChI=1S/C15H22N2O3/c1-10-8-17(9-11(2)20-10)15(19)16-14-6-4-5-13(7-14)12(3)18/h4-7,10-12,18H,8-9H2,1-3H3,(H,16,19). The van der Waals surface area contributed by atoms with E-state index in [1.807, 2.05) is 32.0 Å². The largest absolute Gasteiger partial charge is 0.389 e. The Balaban J connectivity index is 2.02. The molecule has 1 aromatic rings. The van der Waals surface area contributed by atoms with Gasteiger partial charge in [-0.25, -0.2) is 4.79 Å². The average molecular weight is 278 g/mol. The normalized spacial score (nSPS) is 24.3. The second-order valence-electron chi connectivity index (χ2n) is 5.39. The second-order valence-corrected chi connectivity index (χ2v) is 5.39. The number of urea groups is 1. The molecule has 3 unspecified atom stereocenters. The highest BCUT2D eigenvalue weighted by Gasteiger charge is 2.25. The average Bonchev–Trinajstić information content (AvgIpc) is 2.37. The highest BCUT2D eigenvalue weighted by atomic mass is 16.5. The lowest BCUT2D eigenvalue weighted by atomic mass is 10.1. The summed E-state index contributed by atoms with van der Waals surface area (Å²) in [4.78, 5) is 14.0. The number of amides is 2. The molecule has 2 rings (SSSR count). The molecular formula is C15H22N2O3. The van der Waals surface area contributed by atoms with Crippen LogP contribution in [0.15, 0.2) is 24.3 Å². The smallest absolute Gasteiger partial charge is 0.322 e. The number of anilines is 1. The van der Waals surface area contributed by atoms with E-state index in [1.54, 1.807) is 17.9 Å². The highest BCUT2D eigenvalue weighted by Crippen LogP contribution is 2.18. The molecule has 1 aliphatic rings. The van der Waals surface area contributed by atoms with Gasteiger partial charge in [0, 0.05) is 18.8 Å². The molecule has 1 saturated heterocycles. The van der Waals surface area contributed by atoms with Crippen molar-refractivity contribution in [1.29, 1.82) is 0 Å². The summed E-state index contributed by atoms with van der Waals surface area (Å²) in [7, 11) is 0. The predicted octanol–water partition coefficient (Wildman–Crippen LogP) is 2.38. The minimum Gasteiger partial charge on any atom is -0.389 e. The fourth-order valence-corrected chi connectivity index (χ4v) is 2.42. The van der Waals surface area contributed by atoms with Gasteiger partial charge in [-0.2, -0.15) is 0 Å². The zero-order chi connectivity index (χ0) is 14.7. The first-order valence-electron chi connectivity index (χ1n) is 6.95. The number of carbonyl (C=O) groups is 1. The quantitative estimate of drug-likeness (QED) is 0.873. The number of benzene rings is 1. The maximum absolute atomic E-state index is 12.2. The summed E-state index contributed by atoms with van der Waals surface area (Å²) in [6.45, 7) is 6.80. The van der Waals surface area contributed by atoms with Crippen LogP contribution < -0.4 is 5.32 Å². The molecule has 0 aromatic heterocycles. The Hall–Kier alpha value is -1.59. The van der Waals surface area contributed by atoms with Crippen LogP contribution in [0.5, 0.6) is 0 Å². The van der Waals surface area contributed by atoms with E-state index in [9.17, 15) is 9.90 Å². The summed E-state index contributed by atoms with van der Waals surface area (Å²) in [5, 5.41) is 12.4. The SMILES string of the molecule is CC1CN(C(=O)Nc2cccc(C(C)O)c2)CC(C)O1. The Morgan fingerprint density at radius 3 is 2.65 bits per heavy atom. The first kappa shape index (κ1) is 14.8. The molecule has 2 amide bonds. The first-order chi connectivity index (χ1) is 9.45. The maximum atomic E-state index is 12.2. The molecule has 0 spiro atoms. The van der Waals surface area contributed by atoms with Gasteiger partial charge in [-0.05, 0) is 38.5 Å². The third-order valence-corrected chi connectivity index (χ3v) is 3.33. The van der Waals surface area contributed by atoms with Crippen molar-refractivity contribution in [1.82, 2.24) is 4.90 Å². The fourth-order valence-electron chi connectivity index (χ4n) is 2.42. The fraction of sp³-hybridized carbons (Fsp3) is 0.533. The summed E-state index contributed by atoms with van der Waals surface area (Å²) in [6, 6.07) is 7.13. The Kier molecular flexibility index (Phi) is 4.62. The minimum atomic E-state index is -0.546. The van der Waals surface area contributed by atoms with Gasteiger partial charge in [0.1, 0.15) is 0 Å². The Morgan fingerprint density at radius 2 is 2.05 bits per heavy atom. The lowest BCUT2D eigenvalue weighted by Gasteiger charge is -2.35. The summed E-state index contributed by atoms with van der Waals surface area (Å²) < 4.78 is 5.61. The van der Waals surface area contributed by atoms with E-state index in [-0.39, 0.29) is 18.2 Å². The molecule has 5 nitrogen and oxygen atoms in total. The number of morpholine rings is 1. The van der Waals surface area contributed by atoms with Crippen molar-refractivity contribution in [2.75, 3.05) is 18.4 Å². The number of nitrogens with zero attached hydrogens (tertiary/aromatic N) is 1. The molecule has 0 bridgehead atoms. The molecule has 20 heavy (non-hydrogen) atoms. The number of aliphatic hydroxyl groups excluding tert-OH is 1. The van der Waals surface area contributed by atoms with Crippen LogP contribution in [0.2, 0.25) is 0 Å². The molecule has 1 aliphatic heterocycles. The van der Waals surface area contributed by atoms with E-state index in [4.69, 9.17) is 4.74 Å². The van der Waals surface area contributed by atoms with Crippen LogP contribution in [0.1, 0.15) is 32.4 Å². The zero-order valence-corrected chi connectivity index (χ0v) is 12.2. The first-order valence-corrected chi connectivity index (χ1v) is 6.95. The van der Waals surface area contributed by atoms with Crippen molar-refractivity contribution in [3.8, 4) is 0 Å². The Morgan fingerprint density at radius 1 is 1.40 bits per heavy atom. The lowest BCUT2D eigenvalue weighted by Crippen LogP contribution is -2.49. The Bertz CT molecular complexity index is 466. The number of nitrogens with one attached hydrogen (secondary N) is 1. The number of rotatable bonds is 2. The Labute approximate surface area is 119 Å². The molecule has 1 heterocycles. The van der Waals surface area contributed by atoms with E-state index in [1.165, 1.54) is 0 Å². The summed E-state index contributed by atoms with van der Waals surface area (Å²) >= 11 is 0. The van der Waals surface area contributed by atoms with Crippen LogP contribution in [0.25, 0.3) is 0 Å². The predicted molar refractivity (Wildman–Crippen MR) is 77.7 cm³/mol. The van der Waals surface area contributed by atoms with Crippen LogP contribution in [-0.2, 0) is 4.74 Å². The van der Waals surface area contributed by atoms with Crippen LogP contribution >= 0.6 is 0 Å². The van der Waals surface area contributed by atoms with Gasteiger partial charge in [0.2, 0.25) is 0 Å². The van der Waals surface area contributed by atoms with Gasteiger partial charge in [-0.1, -0.05) is 12.1 Å². The lowest BCUT2D eigenvalue weighted by molar-refractivity contribution is -0.0530. The van der Waals surface area contributed by atoms with Gasteiger partial charge < -0.3 is 20.1 Å². The van der Waals surface area contributed by atoms with Gasteiger partial charge in [0.25, 0.3) is 0 Å². The van der Waals surface area contributed by atoms with Crippen molar-refractivity contribution >= 4 is 11.7 Å². The molecule has 2 N–H and O–H groups in total. The molecule has 1 aromatic carbocycles. The van der Waals surface area contributed by atoms with E-state index in [0.717, 1.165) is 5.56 Å². The van der Waals surface area contributed by atoms with Crippen LogP contribution in [-0.4, -0.2) is 41.3 Å². The van der Waals surface area contributed by atoms with Crippen LogP contribution in [0, 0.1) is 0 Å². The minimum absolute atomic E-state index is 0.0494. The van der Waals surface area contributed by atoms with Crippen molar-refractivity contribution in [3.05, 3.63) is 29.8 Å². The summed E-state index contributed by atoms with van der Waals surface area (Å²) in [5.74, 6) is 0. The molecule has 3 atom stereocenters. The molecule has 5 heteroatoms. The second kappa shape index (κ2) is 6.24. The van der Waals surface area contributed by atoms with Gasteiger partial charge in [-0.3, -0.25) is 0 Å². The van der Waals surface area contributed by atoms with Crippen molar-refractivity contribution in [2.45, 2.75) is 39.1 Å². The number of hydrogen-bond donors (Lipinski definition) is 2. The molecular weight excluding hydrogens is 256 g/mol. The molecule has 110 valence electrons. The third-order valence-electron chi connectivity index (χ3n) is 3.33. The molecule has 1 fully saturated rings. The van der Waals surface area contributed by atoms with Crippen molar-refractivity contribution in [3.63, 3.8) is 0 Å². The monoisotopic (exact) mass is 278 g/mol. The van der Waals surface area contributed by atoms with Gasteiger partial charge >= 0.3 is 6.03 Å². The highest BCUT2D eigenvalue weighted by molar-refractivity contribution is 5.89. The van der Waals surface area contributed by atoms with E-state index < -0.39 is 6.10 Å². The molecule has 0 aliphatic carbocycles. The topological polar surface area (TPSA) is 61.8 Å². The van der Waals surface area contributed by atoms with E-state index in [2.05, 4.69) is 5.32 Å². The van der Waals surface area contributed by atoms with E-state index >= 15 is 0 Å². The summed E-state index contributed by atoms with van der Waals surface area (Å²) in [5.41, 5.74) is 1.48. The van der Waals surface area contributed by atoms with Gasteiger partial charge in [-0.15, -0.1) is 0 Å². The van der Waals surface area contributed by atoms with E-state index in [0.29, 0.717) is 18.8 Å². The maximum Gasteiger partial charge on any atom is 0.322 e. The van der Waals surface area contributed by atoms with Crippen molar-refractivity contribution < 1.29 is 14.6 Å². The molecule has 0 radical (unpaired) electrons. The van der Waals surface area contributed by atoms with Gasteiger partial charge in [0.15, 0.2) is 0 Å². The van der Waals surface area contributed by atoms with Gasteiger partial charge in [0.05, 0.1) is 18.3 Å². The third kappa shape index (κ3) is 3.71. The van der Waals surface area contributed by atoms with Crippen LogP contribution in [0.4, 0.5) is 10.5 Å². The van der Waals surface area contributed by atoms with Crippen molar-refractivity contribution in [2.24, 2.45) is 0 Å². The zero-order valence-electron chi connectivity index (χ0n) is 12.2. The summed E-state index contributed by atoms with van der Waals surface area (Å²) in [6.07, 6.45) is -0.447. The number of carbonyl (C=O) groups excluding carboxylic acids is 1.